The number of piperazine rings is 1. The minimum atomic E-state index is -4.85. The highest BCUT2D eigenvalue weighted by Crippen LogP contribution is 2.36. The molecule has 1 saturated heterocycles. The van der Waals surface area contributed by atoms with Gasteiger partial charge in [0.15, 0.2) is 14.9 Å². The second-order valence-electron chi connectivity index (χ2n) is 9.53. The summed E-state index contributed by atoms with van der Waals surface area (Å²) in [4.78, 5) is 31.3. The van der Waals surface area contributed by atoms with Gasteiger partial charge in [-0.1, -0.05) is 0 Å². The first-order valence-electron chi connectivity index (χ1n) is 11.0. The number of alkyl halides is 3. The molecule has 36 heavy (non-hydrogen) atoms. The number of carbonyl (C=O) groups is 2. The van der Waals surface area contributed by atoms with E-state index in [1.165, 1.54) is 28.9 Å². The number of amides is 2. The fourth-order valence-corrected chi connectivity index (χ4v) is 4.23. The van der Waals surface area contributed by atoms with Gasteiger partial charge in [-0.2, -0.15) is 18.3 Å². The summed E-state index contributed by atoms with van der Waals surface area (Å²) in [5, 5.41) is 3.36. The first-order chi connectivity index (χ1) is 16.5. The third-order valence-corrected chi connectivity index (χ3v) is 6.39. The summed E-state index contributed by atoms with van der Waals surface area (Å²) in [6.07, 6.45) is -1.89. The number of halogens is 3. The Balaban J connectivity index is 1.74. The van der Waals surface area contributed by atoms with Crippen LogP contribution in [-0.4, -0.2) is 83.0 Å². The third-order valence-electron chi connectivity index (χ3n) is 5.42. The maximum Gasteiger partial charge on any atom is 0.433 e. The van der Waals surface area contributed by atoms with Gasteiger partial charge in [-0.25, -0.2) is 18.2 Å². The zero-order chi connectivity index (χ0) is 27.1. The number of sulfone groups is 1. The Kier molecular flexibility index (Phi) is 7.40. The van der Waals surface area contributed by atoms with E-state index in [-0.39, 0.29) is 29.1 Å². The number of aromatic nitrogens is 3. The Morgan fingerprint density at radius 3 is 2.19 bits per heavy atom. The van der Waals surface area contributed by atoms with Gasteiger partial charge in [0.05, 0.1) is 6.20 Å². The summed E-state index contributed by atoms with van der Waals surface area (Å²) in [5.74, 6) is -0.284. The van der Waals surface area contributed by atoms with Crippen LogP contribution in [0.25, 0.3) is 11.1 Å². The molecule has 2 amide bonds. The van der Waals surface area contributed by atoms with Crippen LogP contribution in [0.5, 0.6) is 0 Å². The van der Waals surface area contributed by atoms with E-state index < -0.39 is 38.4 Å². The molecule has 3 heterocycles. The molecule has 198 valence electrons. The highest BCUT2D eigenvalue weighted by atomic mass is 32.2. The zero-order valence-electron chi connectivity index (χ0n) is 20.6. The van der Waals surface area contributed by atoms with Gasteiger partial charge in [0.25, 0.3) is 0 Å². The predicted molar refractivity (Wildman–Crippen MR) is 123 cm³/mol. The van der Waals surface area contributed by atoms with Gasteiger partial charge in [-0.15, -0.1) is 0 Å². The first-order valence-corrected chi connectivity index (χ1v) is 12.9. The summed E-state index contributed by atoms with van der Waals surface area (Å²) in [5.41, 5.74) is -1.96. The smallest absolute Gasteiger partial charge is 0.433 e. The second-order valence-corrected chi connectivity index (χ2v) is 11.5. The van der Waals surface area contributed by atoms with Crippen molar-refractivity contribution in [3.05, 3.63) is 29.7 Å². The molecule has 0 bridgehead atoms. The molecule has 0 radical (unpaired) electrons. The van der Waals surface area contributed by atoms with Gasteiger partial charge in [0.2, 0.25) is 5.91 Å². The number of carbonyl (C=O) groups excluding carboxylic acids is 2. The molecule has 3 rings (SSSR count). The fraction of sp³-hybridized carbons (Fsp3) is 0.545. The number of ether oxygens (including phenoxy) is 1. The van der Waals surface area contributed by atoms with Crippen LogP contribution in [0.1, 0.15) is 32.0 Å². The summed E-state index contributed by atoms with van der Waals surface area (Å²) in [7, 11) is -4.02. The summed E-state index contributed by atoms with van der Waals surface area (Å²) in [6, 6.07) is 1.07. The van der Waals surface area contributed by atoms with Crippen molar-refractivity contribution >= 4 is 21.8 Å². The molecule has 1 fully saturated rings. The highest BCUT2D eigenvalue weighted by molar-refractivity contribution is 7.90. The number of hydrogen-bond donors (Lipinski definition) is 0. The summed E-state index contributed by atoms with van der Waals surface area (Å²) in [6.45, 7) is 7.51. The Morgan fingerprint density at radius 1 is 1.08 bits per heavy atom. The molecule has 0 aromatic carbocycles. The lowest BCUT2D eigenvalue weighted by Gasteiger charge is -2.35. The lowest BCUT2D eigenvalue weighted by molar-refractivity contribution is -0.142. The van der Waals surface area contributed by atoms with Gasteiger partial charge in [0, 0.05) is 44.2 Å². The van der Waals surface area contributed by atoms with Gasteiger partial charge >= 0.3 is 12.3 Å². The van der Waals surface area contributed by atoms with Crippen LogP contribution in [0, 0.1) is 6.92 Å². The average Bonchev–Trinajstić information content (AvgIpc) is 3.19. The molecule has 2 aromatic rings. The van der Waals surface area contributed by atoms with Crippen molar-refractivity contribution in [1.82, 2.24) is 24.6 Å². The number of hydrogen-bond acceptors (Lipinski definition) is 7. The largest absolute Gasteiger partial charge is 0.444 e. The van der Waals surface area contributed by atoms with Crippen molar-refractivity contribution in [3.8, 4) is 11.1 Å². The van der Waals surface area contributed by atoms with Crippen molar-refractivity contribution in [2.24, 2.45) is 0 Å². The van der Waals surface area contributed by atoms with E-state index in [1.54, 1.807) is 25.7 Å². The van der Waals surface area contributed by atoms with E-state index in [9.17, 15) is 31.2 Å². The SMILES string of the molecule is Cc1c(-c2cnn(CC(=O)N3CCN(C(=O)OC(C)(C)C)CC3)c2)cc(S(C)(=O)=O)nc1C(F)(F)F. The lowest BCUT2D eigenvalue weighted by atomic mass is 10.0. The van der Waals surface area contributed by atoms with E-state index in [0.29, 0.717) is 26.2 Å². The van der Waals surface area contributed by atoms with Crippen LogP contribution >= 0.6 is 0 Å². The molecular formula is C22H28F3N5O5S. The van der Waals surface area contributed by atoms with Crippen LogP contribution in [0.2, 0.25) is 0 Å². The van der Waals surface area contributed by atoms with Crippen molar-refractivity contribution in [3.63, 3.8) is 0 Å². The van der Waals surface area contributed by atoms with Crippen LogP contribution in [0.3, 0.4) is 0 Å². The van der Waals surface area contributed by atoms with Gasteiger partial charge in [0.1, 0.15) is 17.8 Å². The Morgan fingerprint density at radius 2 is 1.67 bits per heavy atom. The molecular weight excluding hydrogens is 503 g/mol. The molecule has 1 aliphatic heterocycles. The normalized spacial score (nSPS) is 15.2. The molecule has 2 aromatic heterocycles. The van der Waals surface area contributed by atoms with Gasteiger partial charge < -0.3 is 14.5 Å². The molecule has 0 N–H and O–H groups in total. The third kappa shape index (κ3) is 6.53. The maximum atomic E-state index is 13.5. The molecule has 0 unspecified atom stereocenters. The minimum absolute atomic E-state index is 0.00224. The monoisotopic (exact) mass is 531 g/mol. The van der Waals surface area contributed by atoms with E-state index in [4.69, 9.17) is 4.74 Å². The van der Waals surface area contributed by atoms with Gasteiger partial charge in [-0.05, 0) is 44.9 Å². The molecule has 0 aliphatic carbocycles. The Labute approximate surface area is 206 Å². The predicted octanol–water partition coefficient (Wildman–Crippen LogP) is 2.76. The first kappa shape index (κ1) is 27.4. The molecule has 0 saturated carbocycles. The fourth-order valence-electron chi connectivity index (χ4n) is 3.64. The summed E-state index contributed by atoms with van der Waals surface area (Å²) >= 11 is 0. The number of nitrogens with zero attached hydrogens (tertiary/aromatic N) is 5. The number of pyridine rings is 1. The van der Waals surface area contributed by atoms with E-state index in [2.05, 4.69) is 10.1 Å². The Hall–Kier alpha value is -3.16. The second kappa shape index (κ2) is 9.71. The molecule has 14 heteroatoms. The van der Waals surface area contributed by atoms with Crippen molar-refractivity contribution in [2.45, 2.75) is 51.0 Å². The summed E-state index contributed by atoms with van der Waals surface area (Å²) < 4.78 is 71.0. The Bertz CT molecular complexity index is 1260. The molecule has 0 atom stereocenters. The standard InChI is InChI=1S/C22H28F3N5O5S/c1-14-16(10-17(36(5,33)34)27-19(14)22(23,24)25)15-11-26-30(12-15)13-18(31)28-6-8-29(9-7-28)20(32)35-21(2,3)4/h10-12H,6-9,13H2,1-5H3. The van der Waals surface area contributed by atoms with Crippen LogP contribution < -0.4 is 0 Å². The highest BCUT2D eigenvalue weighted by Gasteiger charge is 2.37. The maximum absolute atomic E-state index is 13.5. The van der Waals surface area contributed by atoms with Crippen LogP contribution in [0.15, 0.2) is 23.5 Å². The van der Waals surface area contributed by atoms with Gasteiger partial charge in [-0.3, -0.25) is 9.48 Å². The minimum Gasteiger partial charge on any atom is -0.444 e. The van der Waals surface area contributed by atoms with Crippen molar-refractivity contribution in [1.29, 1.82) is 0 Å². The molecule has 10 nitrogen and oxygen atoms in total. The van der Waals surface area contributed by atoms with Crippen molar-refractivity contribution < 1.29 is 35.9 Å². The van der Waals surface area contributed by atoms with Crippen LogP contribution in [-0.2, 0) is 32.1 Å². The zero-order valence-corrected chi connectivity index (χ0v) is 21.4. The van der Waals surface area contributed by atoms with E-state index in [0.717, 1.165) is 12.3 Å². The lowest BCUT2D eigenvalue weighted by Crippen LogP contribution is -2.52. The number of rotatable bonds is 4. The molecule has 0 spiro atoms. The van der Waals surface area contributed by atoms with Crippen LogP contribution in [0.4, 0.5) is 18.0 Å². The average molecular weight is 532 g/mol. The van der Waals surface area contributed by atoms with Crippen molar-refractivity contribution in [2.75, 3.05) is 32.4 Å². The topological polar surface area (TPSA) is 115 Å². The molecule has 1 aliphatic rings. The van der Waals surface area contributed by atoms with E-state index >= 15 is 0 Å². The quantitative estimate of drug-likeness (QED) is 0.596. The van der Waals surface area contributed by atoms with E-state index in [1.807, 2.05) is 0 Å².